The van der Waals surface area contributed by atoms with Crippen LogP contribution < -0.4 is 10.2 Å². The summed E-state index contributed by atoms with van der Waals surface area (Å²) in [6.45, 7) is 3.14. The van der Waals surface area contributed by atoms with E-state index in [9.17, 15) is 4.79 Å². The Morgan fingerprint density at radius 1 is 1.23 bits per heavy atom. The fourth-order valence-electron chi connectivity index (χ4n) is 3.86. The van der Waals surface area contributed by atoms with Crippen molar-refractivity contribution in [2.24, 2.45) is 0 Å². The first-order valence-electron chi connectivity index (χ1n) is 8.08. The normalized spacial score (nSPS) is 21.4. The molecule has 2 saturated heterocycles. The van der Waals surface area contributed by atoms with Crippen molar-refractivity contribution in [3.05, 3.63) is 24.2 Å². The quantitative estimate of drug-likeness (QED) is 0.854. The van der Waals surface area contributed by atoms with E-state index in [1.165, 1.54) is 19.3 Å². The Balaban J connectivity index is 1.60. The van der Waals surface area contributed by atoms with Crippen molar-refractivity contribution in [2.75, 3.05) is 24.5 Å². The number of hydrogen-bond donors (Lipinski definition) is 1. The highest BCUT2D eigenvalue weighted by molar-refractivity contribution is 5.81. The van der Waals surface area contributed by atoms with Crippen LogP contribution in [0.2, 0.25) is 0 Å². The van der Waals surface area contributed by atoms with E-state index in [1.807, 2.05) is 6.07 Å². The van der Waals surface area contributed by atoms with Crippen LogP contribution in [0.1, 0.15) is 42.5 Å². The van der Waals surface area contributed by atoms with Crippen LogP contribution in [0, 0.1) is 0 Å². The lowest BCUT2D eigenvalue weighted by Gasteiger charge is -2.45. The molecule has 4 rings (SSSR count). The molecule has 4 heterocycles. The van der Waals surface area contributed by atoms with E-state index in [2.05, 4.69) is 20.3 Å². The largest absolute Gasteiger partial charge is 0.368 e. The highest BCUT2D eigenvalue weighted by Crippen LogP contribution is 2.33. The van der Waals surface area contributed by atoms with Crippen LogP contribution in [0.5, 0.6) is 0 Å². The zero-order chi connectivity index (χ0) is 15.0. The average Bonchev–Trinajstić information content (AvgIpc) is 3.04. The van der Waals surface area contributed by atoms with E-state index in [0.29, 0.717) is 11.1 Å². The van der Waals surface area contributed by atoms with E-state index >= 15 is 0 Å². The first-order chi connectivity index (χ1) is 10.8. The lowest BCUT2D eigenvalue weighted by atomic mass is 9.80. The topological polar surface area (TPSA) is 62.5 Å². The summed E-state index contributed by atoms with van der Waals surface area (Å²) in [5.74, 6) is 0. The summed E-state index contributed by atoms with van der Waals surface area (Å²) in [6.07, 6.45) is 10.4. The second kappa shape index (κ2) is 5.35. The van der Waals surface area contributed by atoms with Gasteiger partial charge in [-0.05, 0) is 38.3 Å². The van der Waals surface area contributed by atoms with Crippen molar-refractivity contribution >= 4 is 17.6 Å². The Hall–Kier alpha value is -1.95. The number of pyridine rings is 1. The summed E-state index contributed by atoms with van der Waals surface area (Å²) in [5, 5.41) is 7.92. The molecule has 1 spiro atoms. The van der Waals surface area contributed by atoms with Gasteiger partial charge >= 0.3 is 0 Å². The van der Waals surface area contributed by atoms with Gasteiger partial charge in [-0.25, -0.2) is 9.50 Å². The third-order valence-corrected chi connectivity index (χ3v) is 5.16. The Morgan fingerprint density at radius 3 is 2.82 bits per heavy atom. The fourth-order valence-corrected chi connectivity index (χ4v) is 3.86. The van der Waals surface area contributed by atoms with Crippen LogP contribution in [-0.2, 0) is 0 Å². The lowest BCUT2D eigenvalue weighted by molar-refractivity contribution is 0.112. The van der Waals surface area contributed by atoms with Crippen molar-refractivity contribution in [2.45, 2.75) is 37.6 Å². The standard InChI is InChI=1S/C16H21N5O/c22-11-13-9-14(15-17-12-19-21(15)10-13)20-7-4-16(5-8-20)3-1-2-6-18-16/h9-12,18H,1-8H2. The van der Waals surface area contributed by atoms with E-state index < -0.39 is 0 Å². The molecule has 0 saturated carbocycles. The third-order valence-electron chi connectivity index (χ3n) is 5.16. The van der Waals surface area contributed by atoms with E-state index in [-0.39, 0.29) is 0 Å². The maximum absolute atomic E-state index is 11.2. The molecule has 2 aromatic heterocycles. The Labute approximate surface area is 129 Å². The van der Waals surface area contributed by atoms with Crippen LogP contribution in [0.15, 0.2) is 18.6 Å². The number of aldehydes is 1. The van der Waals surface area contributed by atoms with E-state index in [4.69, 9.17) is 0 Å². The molecule has 0 unspecified atom stereocenters. The van der Waals surface area contributed by atoms with Crippen molar-refractivity contribution in [1.29, 1.82) is 0 Å². The molecule has 0 bridgehead atoms. The van der Waals surface area contributed by atoms with Crippen LogP contribution in [-0.4, -0.2) is 46.1 Å². The highest BCUT2D eigenvalue weighted by Gasteiger charge is 2.35. The number of carbonyl (C=O) groups excluding carboxylic acids is 1. The number of anilines is 1. The number of hydrogen-bond acceptors (Lipinski definition) is 5. The minimum absolute atomic E-state index is 0.334. The van der Waals surface area contributed by atoms with Gasteiger partial charge < -0.3 is 10.2 Å². The Morgan fingerprint density at radius 2 is 2.09 bits per heavy atom. The van der Waals surface area contributed by atoms with Crippen molar-refractivity contribution in [3.8, 4) is 0 Å². The van der Waals surface area contributed by atoms with Crippen LogP contribution >= 0.6 is 0 Å². The van der Waals surface area contributed by atoms with Gasteiger partial charge in [-0.1, -0.05) is 6.42 Å². The molecule has 0 amide bonds. The van der Waals surface area contributed by atoms with Crippen LogP contribution in [0.4, 0.5) is 5.69 Å². The van der Waals surface area contributed by atoms with Gasteiger partial charge in [-0.2, -0.15) is 5.10 Å². The number of aromatic nitrogens is 3. The second-order valence-corrected chi connectivity index (χ2v) is 6.46. The number of piperidine rings is 2. The highest BCUT2D eigenvalue weighted by atomic mass is 16.1. The molecule has 0 radical (unpaired) electrons. The number of nitrogens with zero attached hydrogens (tertiary/aromatic N) is 4. The Bertz CT molecular complexity index is 679. The number of carbonyl (C=O) groups is 1. The van der Waals surface area contributed by atoms with E-state index in [0.717, 1.165) is 50.1 Å². The smallest absolute Gasteiger partial charge is 0.178 e. The summed E-state index contributed by atoms with van der Waals surface area (Å²) >= 11 is 0. The van der Waals surface area contributed by atoms with Gasteiger partial charge in [0.1, 0.15) is 6.33 Å². The average molecular weight is 299 g/mol. The number of nitrogens with one attached hydrogen (secondary N) is 1. The maximum Gasteiger partial charge on any atom is 0.178 e. The molecule has 116 valence electrons. The first-order valence-corrected chi connectivity index (χ1v) is 8.08. The van der Waals surface area contributed by atoms with Crippen LogP contribution in [0.3, 0.4) is 0 Å². The zero-order valence-electron chi connectivity index (χ0n) is 12.7. The molecule has 1 N–H and O–H groups in total. The Kier molecular flexibility index (Phi) is 3.33. The van der Waals surface area contributed by atoms with Gasteiger partial charge in [0.15, 0.2) is 11.9 Å². The van der Waals surface area contributed by atoms with Gasteiger partial charge in [-0.3, -0.25) is 4.79 Å². The first kappa shape index (κ1) is 13.7. The molecular weight excluding hydrogens is 278 g/mol. The fraction of sp³-hybridized carbons (Fsp3) is 0.562. The van der Waals surface area contributed by atoms with Crippen molar-refractivity contribution < 1.29 is 4.79 Å². The third kappa shape index (κ3) is 2.27. The van der Waals surface area contributed by atoms with Gasteiger partial charge in [0.25, 0.3) is 0 Å². The molecule has 6 heteroatoms. The molecule has 2 aromatic rings. The molecule has 6 nitrogen and oxygen atoms in total. The predicted octanol–water partition coefficient (Wildman–Crippen LogP) is 1.65. The SMILES string of the molecule is O=Cc1cc(N2CCC3(CCCCN3)CC2)c2ncnn2c1. The maximum atomic E-state index is 11.2. The number of rotatable bonds is 2. The predicted molar refractivity (Wildman–Crippen MR) is 84.4 cm³/mol. The van der Waals surface area contributed by atoms with Crippen molar-refractivity contribution in [1.82, 2.24) is 19.9 Å². The molecule has 0 atom stereocenters. The van der Waals surface area contributed by atoms with Crippen LogP contribution in [0.25, 0.3) is 5.65 Å². The van der Waals surface area contributed by atoms with Gasteiger partial charge in [-0.15, -0.1) is 0 Å². The minimum atomic E-state index is 0.334. The lowest BCUT2D eigenvalue weighted by Crippen LogP contribution is -2.55. The molecule has 22 heavy (non-hydrogen) atoms. The summed E-state index contributed by atoms with van der Waals surface area (Å²) in [4.78, 5) is 17.9. The van der Waals surface area contributed by atoms with E-state index in [1.54, 1.807) is 17.0 Å². The minimum Gasteiger partial charge on any atom is -0.368 e. The van der Waals surface area contributed by atoms with Gasteiger partial charge in [0.2, 0.25) is 0 Å². The molecule has 0 aliphatic carbocycles. The van der Waals surface area contributed by atoms with Crippen molar-refractivity contribution in [3.63, 3.8) is 0 Å². The molecule has 2 aliphatic heterocycles. The van der Waals surface area contributed by atoms with Gasteiger partial charge in [0.05, 0.1) is 5.69 Å². The summed E-state index contributed by atoms with van der Waals surface area (Å²) in [7, 11) is 0. The zero-order valence-corrected chi connectivity index (χ0v) is 12.7. The molecule has 2 fully saturated rings. The monoisotopic (exact) mass is 299 g/mol. The molecular formula is C16H21N5O. The second-order valence-electron chi connectivity index (χ2n) is 6.46. The number of fused-ring (bicyclic) bond motifs is 1. The summed E-state index contributed by atoms with van der Waals surface area (Å²) in [5.41, 5.74) is 2.83. The van der Waals surface area contributed by atoms with Gasteiger partial charge in [0, 0.05) is 30.4 Å². The summed E-state index contributed by atoms with van der Waals surface area (Å²) < 4.78 is 1.70. The molecule has 0 aromatic carbocycles. The summed E-state index contributed by atoms with van der Waals surface area (Å²) in [6, 6.07) is 1.93. The molecule has 2 aliphatic rings.